The molecule has 0 bridgehead atoms. The average Bonchev–Trinajstić information content (AvgIpc) is 2.86. The number of aryl methyl sites for hydroxylation is 1. The van der Waals surface area contributed by atoms with Crippen LogP contribution in [0.4, 0.5) is 18.2 Å². The van der Waals surface area contributed by atoms with Gasteiger partial charge in [0.2, 0.25) is 5.91 Å². The van der Waals surface area contributed by atoms with Crippen molar-refractivity contribution in [3.63, 3.8) is 0 Å². The van der Waals surface area contributed by atoms with Crippen LogP contribution in [-0.2, 0) is 15.7 Å². The van der Waals surface area contributed by atoms with Gasteiger partial charge in [-0.3, -0.25) is 4.79 Å². The topological polar surface area (TPSA) is 55.4 Å². The number of nitrogens with one attached hydrogen (secondary N) is 1. The summed E-state index contributed by atoms with van der Waals surface area (Å²) in [5.74, 6) is -1.09. The van der Waals surface area contributed by atoms with Crippen LogP contribution in [0.1, 0.15) is 38.8 Å². The van der Waals surface area contributed by atoms with Crippen molar-refractivity contribution >= 4 is 34.3 Å². The molecule has 144 valence electrons. The van der Waals surface area contributed by atoms with Crippen molar-refractivity contribution in [2.75, 3.05) is 11.9 Å². The molecule has 0 fully saturated rings. The molecule has 8 heteroatoms. The van der Waals surface area contributed by atoms with E-state index in [1.54, 1.807) is 13.8 Å². The summed E-state index contributed by atoms with van der Waals surface area (Å²) >= 11 is 1.24. The average molecular weight is 397 g/mol. The highest BCUT2D eigenvalue weighted by molar-refractivity contribution is 7.16. The Balaban J connectivity index is 2.18. The molecule has 0 spiro atoms. The first-order valence-corrected chi connectivity index (χ1v) is 8.88. The van der Waals surface area contributed by atoms with Crippen molar-refractivity contribution in [3.8, 4) is 0 Å². The summed E-state index contributed by atoms with van der Waals surface area (Å²) in [6.07, 6.45) is -2.05. The van der Waals surface area contributed by atoms with E-state index in [1.807, 2.05) is 6.92 Å². The number of hydrogen-bond donors (Lipinski definition) is 1. The number of halogens is 3. The van der Waals surface area contributed by atoms with Gasteiger partial charge in [-0.15, -0.1) is 11.3 Å². The maximum Gasteiger partial charge on any atom is 0.416 e. The van der Waals surface area contributed by atoms with Gasteiger partial charge < -0.3 is 10.1 Å². The van der Waals surface area contributed by atoms with Crippen molar-refractivity contribution in [3.05, 3.63) is 57.5 Å². The highest BCUT2D eigenvalue weighted by atomic mass is 32.1. The third-order valence-corrected chi connectivity index (χ3v) is 4.87. The lowest BCUT2D eigenvalue weighted by Gasteiger charge is -2.07. The Morgan fingerprint density at radius 2 is 1.96 bits per heavy atom. The number of benzene rings is 1. The molecule has 0 saturated carbocycles. The molecule has 1 amide bonds. The zero-order valence-electron chi connectivity index (χ0n) is 14.9. The van der Waals surface area contributed by atoms with Crippen LogP contribution in [0.15, 0.2) is 30.3 Å². The van der Waals surface area contributed by atoms with Crippen LogP contribution in [0.2, 0.25) is 0 Å². The number of alkyl halides is 3. The first-order chi connectivity index (χ1) is 12.6. The molecule has 0 unspecified atom stereocenters. The van der Waals surface area contributed by atoms with Gasteiger partial charge in [0.25, 0.3) is 0 Å². The monoisotopic (exact) mass is 397 g/mol. The van der Waals surface area contributed by atoms with Crippen molar-refractivity contribution in [1.29, 1.82) is 0 Å². The Bertz CT molecular complexity index is 885. The third kappa shape index (κ3) is 5.19. The summed E-state index contributed by atoms with van der Waals surface area (Å²) in [5, 5.41) is 2.95. The van der Waals surface area contributed by atoms with Gasteiger partial charge in [0.1, 0.15) is 5.00 Å². The molecule has 0 aliphatic rings. The van der Waals surface area contributed by atoms with Crippen LogP contribution in [0.25, 0.3) is 6.08 Å². The second-order valence-corrected chi connectivity index (χ2v) is 6.88. The molecule has 0 atom stereocenters. The molecule has 4 nitrogen and oxygen atoms in total. The molecule has 1 N–H and O–H groups in total. The number of anilines is 1. The Morgan fingerprint density at radius 3 is 2.59 bits per heavy atom. The molecule has 0 saturated heterocycles. The summed E-state index contributed by atoms with van der Waals surface area (Å²) in [6, 6.07) is 4.64. The van der Waals surface area contributed by atoms with Gasteiger partial charge in [0.05, 0.1) is 17.7 Å². The van der Waals surface area contributed by atoms with Crippen LogP contribution >= 0.6 is 11.3 Å². The zero-order valence-corrected chi connectivity index (χ0v) is 15.8. The molecule has 0 aliphatic heterocycles. The highest BCUT2D eigenvalue weighted by Gasteiger charge is 2.30. The van der Waals surface area contributed by atoms with E-state index in [0.29, 0.717) is 10.6 Å². The van der Waals surface area contributed by atoms with Gasteiger partial charge in [0.15, 0.2) is 0 Å². The molecular weight excluding hydrogens is 379 g/mol. The van der Waals surface area contributed by atoms with E-state index in [-0.39, 0.29) is 12.2 Å². The maximum absolute atomic E-state index is 12.7. The second-order valence-electron chi connectivity index (χ2n) is 5.65. The van der Waals surface area contributed by atoms with Crippen LogP contribution in [0.3, 0.4) is 0 Å². The standard InChI is InChI=1S/C19H18F3NO3S/c1-4-26-18(25)16-11(2)12(3)27-17(16)23-15(24)9-8-13-6-5-7-14(10-13)19(20,21)22/h5-10H,4H2,1-3H3,(H,23,24)/b9-8+. The van der Waals surface area contributed by atoms with Gasteiger partial charge in [0, 0.05) is 11.0 Å². The van der Waals surface area contributed by atoms with Gasteiger partial charge in [-0.05, 0) is 50.1 Å². The van der Waals surface area contributed by atoms with Crippen molar-refractivity contribution in [1.82, 2.24) is 0 Å². The molecule has 2 rings (SSSR count). The lowest BCUT2D eigenvalue weighted by atomic mass is 10.1. The third-order valence-electron chi connectivity index (χ3n) is 3.74. The fraction of sp³-hybridized carbons (Fsp3) is 0.263. The molecule has 0 radical (unpaired) electrons. The van der Waals surface area contributed by atoms with E-state index in [1.165, 1.54) is 29.5 Å². The van der Waals surface area contributed by atoms with Gasteiger partial charge in [-0.1, -0.05) is 12.1 Å². The van der Waals surface area contributed by atoms with E-state index in [9.17, 15) is 22.8 Å². The molecule has 27 heavy (non-hydrogen) atoms. The first-order valence-electron chi connectivity index (χ1n) is 8.07. The molecular formula is C19H18F3NO3S. The normalized spacial score (nSPS) is 11.6. The van der Waals surface area contributed by atoms with Gasteiger partial charge in [-0.25, -0.2) is 4.79 Å². The number of esters is 1. The Kier molecular flexibility index (Phi) is 6.43. The molecule has 2 aromatic rings. The molecule has 1 aromatic heterocycles. The lowest BCUT2D eigenvalue weighted by molar-refractivity contribution is -0.137. The van der Waals surface area contributed by atoms with E-state index in [4.69, 9.17) is 4.74 Å². The van der Waals surface area contributed by atoms with E-state index in [2.05, 4.69) is 5.32 Å². The van der Waals surface area contributed by atoms with Crippen LogP contribution < -0.4 is 5.32 Å². The van der Waals surface area contributed by atoms with Gasteiger partial charge >= 0.3 is 12.1 Å². The number of rotatable bonds is 5. The number of ether oxygens (including phenoxy) is 1. The zero-order chi connectivity index (χ0) is 20.2. The Hall–Kier alpha value is -2.61. The predicted molar refractivity (Wildman–Crippen MR) is 98.9 cm³/mol. The van der Waals surface area contributed by atoms with E-state index in [0.717, 1.165) is 28.6 Å². The Labute approximate surface area is 158 Å². The highest BCUT2D eigenvalue weighted by Crippen LogP contribution is 2.33. The second kappa shape index (κ2) is 8.39. The predicted octanol–water partition coefficient (Wildman–Crippen LogP) is 5.21. The van der Waals surface area contributed by atoms with Crippen LogP contribution in [0.5, 0.6) is 0 Å². The van der Waals surface area contributed by atoms with Crippen molar-refractivity contribution in [2.24, 2.45) is 0 Å². The molecule has 0 aliphatic carbocycles. The summed E-state index contributed by atoms with van der Waals surface area (Å²) in [7, 11) is 0. The lowest BCUT2D eigenvalue weighted by Crippen LogP contribution is -2.12. The number of hydrogen-bond acceptors (Lipinski definition) is 4. The SMILES string of the molecule is CCOC(=O)c1c(NC(=O)/C=C/c2cccc(C(F)(F)F)c2)sc(C)c1C. The largest absolute Gasteiger partial charge is 0.462 e. The van der Waals surface area contributed by atoms with Crippen molar-refractivity contribution < 1.29 is 27.5 Å². The van der Waals surface area contributed by atoms with E-state index >= 15 is 0 Å². The fourth-order valence-electron chi connectivity index (χ4n) is 2.31. The quantitative estimate of drug-likeness (QED) is 0.556. The first kappa shape index (κ1) is 20.7. The minimum atomic E-state index is -4.45. The maximum atomic E-state index is 12.7. The summed E-state index contributed by atoms with van der Waals surface area (Å²) < 4.78 is 43.2. The number of carbonyl (C=O) groups excluding carboxylic acids is 2. The Morgan fingerprint density at radius 1 is 1.26 bits per heavy atom. The fourth-order valence-corrected chi connectivity index (χ4v) is 3.36. The number of carbonyl (C=O) groups is 2. The van der Waals surface area contributed by atoms with E-state index < -0.39 is 23.6 Å². The smallest absolute Gasteiger partial charge is 0.416 e. The molecule has 1 heterocycles. The molecule has 1 aromatic carbocycles. The number of amides is 1. The minimum Gasteiger partial charge on any atom is -0.462 e. The summed E-state index contributed by atoms with van der Waals surface area (Å²) in [5.41, 5.74) is 0.457. The summed E-state index contributed by atoms with van der Waals surface area (Å²) in [6.45, 7) is 5.46. The van der Waals surface area contributed by atoms with Gasteiger partial charge in [-0.2, -0.15) is 13.2 Å². The van der Waals surface area contributed by atoms with Crippen LogP contribution in [0, 0.1) is 13.8 Å². The minimum absolute atomic E-state index is 0.204. The van der Waals surface area contributed by atoms with Crippen molar-refractivity contribution in [2.45, 2.75) is 26.9 Å². The number of thiophene rings is 1. The summed E-state index contributed by atoms with van der Waals surface area (Å²) in [4.78, 5) is 25.1. The van der Waals surface area contributed by atoms with Crippen LogP contribution in [-0.4, -0.2) is 18.5 Å².